The summed E-state index contributed by atoms with van der Waals surface area (Å²) in [6, 6.07) is 11.1. The van der Waals surface area contributed by atoms with Crippen LogP contribution in [0.15, 0.2) is 58.5 Å². The summed E-state index contributed by atoms with van der Waals surface area (Å²) in [5, 5.41) is 3.23. The van der Waals surface area contributed by atoms with Crippen LogP contribution >= 0.6 is 11.6 Å². The maximum Gasteiger partial charge on any atom is 0.261 e. The third kappa shape index (κ3) is 4.69. The number of hydrogen-bond acceptors (Lipinski definition) is 5. The molecule has 1 aliphatic heterocycles. The molecule has 1 aliphatic rings. The van der Waals surface area contributed by atoms with E-state index in [1.165, 1.54) is 33.4 Å². The van der Waals surface area contributed by atoms with E-state index in [9.17, 15) is 18.0 Å². The zero-order valence-electron chi connectivity index (χ0n) is 17.3. The van der Waals surface area contributed by atoms with Crippen LogP contribution in [0.3, 0.4) is 0 Å². The average Bonchev–Trinajstić information content (AvgIpc) is 3.07. The lowest BCUT2D eigenvalue weighted by Gasteiger charge is -2.20. The van der Waals surface area contributed by atoms with Gasteiger partial charge < -0.3 is 5.32 Å². The number of benzene rings is 2. The molecule has 10 heteroatoms. The lowest BCUT2D eigenvalue weighted by atomic mass is 10.2. The number of halogens is 1. The first kappa shape index (κ1) is 22.4. The van der Waals surface area contributed by atoms with Gasteiger partial charge in [0.2, 0.25) is 15.9 Å². The summed E-state index contributed by atoms with van der Waals surface area (Å²) >= 11 is 6.21. The Kier molecular flexibility index (Phi) is 6.59. The summed E-state index contributed by atoms with van der Waals surface area (Å²) < 4.78 is 28.8. The second-order valence-corrected chi connectivity index (χ2v) is 10.0. The third-order valence-corrected chi connectivity index (χ3v) is 7.68. The van der Waals surface area contributed by atoms with Crippen molar-refractivity contribution in [2.75, 3.05) is 18.4 Å². The lowest BCUT2D eigenvalue weighted by molar-refractivity contribution is -0.116. The molecule has 1 amide bonds. The van der Waals surface area contributed by atoms with Crippen molar-refractivity contribution in [3.63, 3.8) is 0 Å². The number of nitrogens with one attached hydrogen (secondary N) is 1. The molecular weight excluding hydrogens is 452 g/mol. The molecule has 2 heterocycles. The number of fused-ring (bicyclic) bond motifs is 1. The monoisotopic (exact) mass is 474 g/mol. The Hall–Kier alpha value is -2.75. The van der Waals surface area contributed by atoms with E-state index in [0.717, 1.165) is 25.7 Å². The molecule has 0 saturated carbocycles. The Bertz CT molecular complexity index is 1320. The van der Waals surface area contributed by atoms with Gasteiger partial charge in [-0.15, -0.1) is 0 Å². The van der Waals surface area contributed by atoms with Crippen molar-refractivity contribution in [1.82, 2.24) is 13.9 Å². The molecule has 1 fully saturated rings. The Morgan fingerprint density at radius 2 is 1.78 bits per heavy atom. The van der Waals surface area contributed by atoms with Crippen molar-refractivity contribution < 1.29 is 13.2 Å². The highest BCUT2D eigenvalue weighted by Gasteiger charge is 2.26. The Labute approximate surface area is 190 Å². The van der Waals surface area contributed by atoms with Crippen LogP contribution in [0, 0.1) is 0 Å². The number of aromatic nitrogens is 2. The van der Waals surface area contributed by atoms with E-state index in [1.54, 1.807) is 24.3 Å². The fourth-order valence-corrected chi connectivity index (χ4v) is 5.46. The number of carbonyl (C=O) groups is 1. The van der Waals surface area contributed by atoms with E-state index in [0.29, 0.717) is 24.0 Å². The molecule has 1 aromatic heterocycles. The second kappa shape index (κ2) is 9.40. The number of anilines is 1. The summed E-state index contributed by atoms with van der Waals surface area (Å²) in [6.07, 6.45) is 4.98. The molecule has 32 heavy (non-hydrogen) atoms. The van der Waals surface area contributed by atoms with E-state index in [-0.39, 0.29) is 27.7 Å². The minimum absolute atomic E-state index is 0.0728. The van der Waals surface area contributed by atoms with Crippen molar-refractivity contribution >= 4 is 44.1 Å². The zero-order valence-corrected chi connectivity index (χ0v) is 18.9. The zero-order chi connectivity index (χ0) is 22.7. The van der Waals surface area contributed by atoms with Crippen LogP contribution in [0.25, 0.3) is 10.9 Å². The van der Waals surface area contributed by atoms with Gasteiger partial charge in [-0.05, 0) is 43.2 Å². The van der Waals surface area contributed by atoms with Gasteiger partial charge in [-0.1, -0.05) is 36.6 Å². The van der Waals surface area contributed by atoms with Gasteiger partial charge in [0.1, 0.15) is 6.54 Å². The number of hydrogen-bond donors (Lipinski definition) is 1. The molecule has 3 aromatic rings. The SMILES string of the molecule is O=C(Cn1cnc2ccccc2c1=O)Nc1cc(S(=O)(=O)N2CCCCCC2)ccc1Cl. The molecule has 1 N–H and O–H groups in total. The van der Waals surface area contributed by atoms with Gasteiger partial charge >= 0.3 is 0 Å². The lowest BCUT2D eigenvalue weighted by Crippen LogP contribution is -2.32. The molecule has 0 atom stereocenters. The average molecular weight is 475 g/mol. The van der Waals surface area contributed by atoms with Crippen molar-refractivity contribution in [2.24, 2.45) is 0 Å². The van der Waals surface area contributed by atoms with Crippen LogP contribution in [0.1, 0.15) is 25.7 Å². The number of amides is 1. The van der Waals surface area contributed by atoms with E-state index < -0.39 is 15.9 Å². The van der Waals surface area contributed by atoms with Crippen LogP contribution in [0.4, 0.5) is 5.69 Å². The van der Waals surface area contributed by atoms with Gasteiger partial charge in [0.05, 0.1) is 32.8 Å². The highest BCUT2D eigenvalue weighted by molar-refractivity contribution is 7.89. The summed E-state index contributed by atoms with van der Waals surface area (Å²) in [5.74, 6) is -0.518. The van der Waals surface area contributed by atoms with Crippen molar-refractivity contribution in [3.8, 4) is 0 Å². The Morgan fingerprint density at radius 1 is 1.06 bits per heavy atom. The summed E-state index contributed by atoms with van der Waals surface area (Å²) in [6.45, 7) is 0.672. The molecule has 0 radical (unpaired) electrons. The standard InChI is InChI=1S/C22H23ClN4O4S/c23-18-10-9-16(32(30,31)27-11-5-1-2-6-12-27)13-20(18)25-21(28)14-26-15-24-19-8-4-3-7-17(19)22(26)29/h3-4,7-10,13,15H,1-2,5-6,11-12,14H2,(H,25,28). The van der Waals surface area contributed by atoms with Crippen molar-refractivity contribution in [1.29, 1.82) is 0 Å². The van der Waals surface area contributed by atoms with Gasteiger partial charge in [0.25, 0.3) is 5.56 Å². The van der Waals surface area contributed by atoms with E-state index in [1.807, 2.05) is 0 Å². The molecule has 0 aliphatic carbocycles. The van der Waals surface area contributed by atoms with Crippen LogP contribution < -0.4 is 10.9 Å². The van der Waals surface area contributed by atoms with Crippen LogP contribution in [0.2, 0.25) is 5.02 Å². The third-order valence-electron chi connectivity index (χ3n) is 5.46. The molecule has 8 nitrogen and oxygen atoms in total. The maximum atomic E-state index is 13.1. The van der Waals surface area contributed by atoms with Gasteiger partial charge in [0.15, 0.2) is 0 Å². The quantitative estimate of drug-likeness (QED) is 0.611. The Morgan fingerprint density at radius 3 is 2.53 bits per heavy atom. The summed E-state index contributed by atoms with van der Waals surface area (Å²) in [5.41, 5.74) is 0.382. The molecule has 2 aromatic carbocycles. The summed E-state index contributed by atoms with van der Waals surface area (Å²) in [4.78, 5) is 29.5. The first-order valence-corrected chi connectivity index (χ1v) is 12.2. The largest absolute Gasteiger partial charge is 0.323 e. The van der Waals surface area contributed by atoms with Gasteiger partial charge in [-0.2, -0.15) is 4.31 Å². The van der Waals surface area contributed by atoms with Gasteiger partial charge in [-0.3, -0.25) is 14.2 Å². The molecule has 0 unspecified atom stereocenters. The molecule has 0 bridgehead atoms. The first-order valence-electron chi connectivity index (χ1n) is 10.4. The smallest absolute Gasteiger partial charge is 0.261 e. The normalized spacial score (nSPS) is 15.4. The van der Waals surface area contributed by atoms with E-state index in [2.05, 4.69) is 10.3 Å². The Balaban J connectivity index is 1.55. The topological polar surface area (TPSA) is 101 Å². The molecule has 168 valence electrons. The number of sulfonamides is 1. The maximum absolute atomic E-state index is 13.1. The number of para-hydroxylation sites is 1. The number of carbonyl (C=O) groups excluding carboxylic acids is 1. The van der Waals surface area contributed by atoms with Crippen LogP contribution in [0.5, 0.6) is 0 Å². The number of rotatable bonds is 5. The fraction of sp³-hybridized carbons (Fsp3) is 0.318. The highest BCUT2D eigenvalue weighted by atomic mass is 35.5. The van der Waals surface area contributed by atoms with E-state index in [4.69, 9.17) is 11.6 Å². The van der Waals surface area contributed by atoms with Crippen LogP contribution in [-0.4, -0.2) is 41.3 Å². The highest BCUT2D eigenvalue weighted by Crippen LogP contribution is 2.28. The molecular formula is C22H23ClN4O4S. The molecule has 1 saturated heterocycles. The van der Waals surface area contributed by atoms with E-state index >= 15 is 0 Å². The predicted molar refractivity (Wildman–Crippen MR) is 123 cm³/mol. The minimum atomic E-state index is -3.69. The van der Waals surface area contributed by atoms with Crippen LogP contribution in [-0.2, 0) is 21.4 Å². The predicted octanol–water partition coefficient (Wildman–Crippen LogP) is 3.25. The fourth-order valence-electron chi connectivity index (χ4n) is 3.75. The van der Waals surface area contributed by atoms with Crippen molar-refractivity contribution in [2.45, 2.75) is 37.1 Å². The van der Waals surface area contributed by atoms with Gasteiger partial charge in [0, 0.05) is 13.1 Å². The van der Waals surface area contributed by atoms with Crippen molar-refractivity contribution in [3.05, 3.63) is 64.2 Å². The molecule has 4 rings (SSSR count). The first-order chi connectivity index (χ1) is 15.4. The van der Waals surface area contributed by atoms with Gasteiger partial charge in [-0.25, -0.2) is 13.4 Å². The molecule has 0 spiro atoms. The number of nitrogens with zero attached hydrogens (tertiary/aromatic N) is 3. The minimum Gasteiger partial charge on any atom is -0.323 e. The second-order valence-electron chi connectivity index (χ2n) is 7.70. The summed E-state index contributed by atoms with van der Waals surface area (Å²) in [7, 11) is -3.69.